The molecule has 144 valence electrons. The van der Waals surface area contributed by atoms with Gasteiger partial charge in [0.15, 0.2) is 0 Å². The molecule has 0 unspecified atom stereocenters. The van der Waals surface area contributed by atoms with Gasteiger partial charge in [0.2, 0.25) is 0 Å². The Kier molecular flexibility index (Phi) is 5.09. The summed E-state index contributed by atoms with van der Waals surface area (Å²) in [5.74, 6) is 0.0207. The number of hydrogen-bond acceptors (Lipinski definition) is 4. The van der Waals surface area contributed by atoms with E-state index >= 15 is 0 Å². The molecule has 0 radical (unpaired) electrons. The molecule has 2 aromatic rings. The third kappa shape index (κ3) is 3.76. The van der Waals surface area contributed by atoms with E-state index in [0.717, 1.165) is 22.4 Å². The van der Waals surface area contributed by atoms with Crippen molar-refractivity contribution in [3.8, 4) is 0 Å². The summed E-state index contributed by atoms with van der Waals surface area (Å²) in [5, 5.41) is 11.0. The number of carbonyl (C=O) groups is 1. The van der Waals surface area contributed by atoms with Crippen molar-refractivity contribution in [1.29, 1.82) is 0 Å². The van der Waals surface area contributed by atoms with Gasteiger partial charge in [-0.2, -0.15) is 0 Å². The van der Waals surface area contributed by atoms with E-state index in [4.69, 9.17) is 0 Å². The molecular formula is C23H25N3O2. The number of rotatable bonds is 4. The van der Waals surface area contributed by atoms with Crippen LogP contribution in [0.25, 0.3) is 0 Å². The van der Waals surface area contributed by atoms with Gasteiger partial charge in [0.1, 0.15) is 0 Å². The molecule has 3 heterocycles. The minimum absolute atomic E-state index is 0.0207. The highest BCUT2D eigenvalue weighted by molar-refractivity contribution is 6.29. The van der Waals surface area contributed by atoms with Crippen LogP contribution in [0.3, 0.4) is 0 Å². The number of aliphatic hydroxyl groups is 1. The van der Waals surface area contributed by atoms with Gasteiger partial charge in [-0.15, -0.1) is 0 Å². The van der Waals surface area contributed by atoms with Crippen LogP contribution in [0, 0.1) is 0 Å². The maximum absolute atomic E-state index is 13.3. The summed E-state index contributed by atoms with van der Waals surface area (Å²) in [6.07, 6.45) is 5.24. The van der Waals surface area contributed by atoms with Crippen molar-refractivity contribution in [1.82, 2.24) is 9.88 Å². The van der Waals surface area contributed by atoms with Crippen molar-refractivity contribution in [3.05, 3.63) is 77.1 Å². The van der Waals surface area contributed by atoms with E-state index in [1.54, 1.807) is 12.4 Å². The summed E-state index contributed by atoms with van der Waals surface area (Å²) in [6.45, 7) is 3.65. The molecule has 28 heavy (non-hydrogen) atoms. The Morgan fingerprint density at radius 1 is 1.11 bits per heavy atom. The predicted molar refractivity (Wildman–Crippen MR) is 109 cm³/mol. The van der Waals surface area contributed by atoms with Crippen LogP contribution in [0.4, 0.5) is 0 Å². The molecule has 1 saturated heterocycles. The van der Waals surface area contributed by atoms with Gasteiger partial charge in [-0.3, -0.25) is 14.8 Å². The van der Waals surface area contributed by atoms with Crippen molar-refractivity contribution < 1.29 is 9.90 Å². The number of amides is 1. The molecule has 1 aromatic carbocycles. The molecule has 0 bridgehead atoms. The monoisotopic (exact) mass is 375 g/mol. The fourth-order valence-electron chi connectivity index (χ4n) is 4.02. The zero-order valence-electron chi connectivity index (χ0n) is 16.1. The zero-order valence-corrected chi connectivity index (χ0v) is 16.1. The van der Waals surface area contributed by atoms with Crippen molar-refractivity contribution in [2.75, 3.05) is 19.6 Å². The number of aliphatic imine (C=N–C) groups is 1. The molecule has 5 nitrogen and oxygen atoms in total. The summed E-state index contributed by atoms with van der Waals surface area (Å²) in [4.78, 5) is 23.8. The van der Waals surface area contributed by atoms with Crippen molar-refractivity contribution in [3.63, 3.8) is 0 Å². The molecule has 2 aliphatic heterocycles. The van der Waals surface area contributed by atoms with E-state index in [2.05, 4.69) is 9.98 Å². The van der Waals surface area contributed by atoms with Gasteiger partial charge in [0.25, 0.3) is 5.91 Å². The van der Waals surface area contributed by atoms with Crippen molar-refractivity contribution in [2.24, 2.45) is 4.99 Å². The predicted octanol–water partition coefficient (Wildman–Crippen LogP) is 2.80. The fraction of sp³-hybridized carbons (Fsp3) is 0.348. The number of aromatic nitrogens is 1. The third-order valence-electron chi connectivity index (χ3n) is 5.66. The number of hydrogen-bond donors (Lipinski definition) is 1. The molecule has 1 aromatic heterocycles. The topological polar surface area (TPSA) is 65.8 Å². The minimum atomic E-state index is -0.751. The second-order valence-electron chi connectivity index (χ2n) is 7.73. The molecule has 0 saturated carbocycles. The first-order valence-electron chi connectivity index (χ1n) is 9.76. The Hall–Kier alpha value is -2.79. The van der Waals surface area contributed by atoms with Gasteiger partial charge in [0, 0.05) is 37.5 Å². The minimum Gasteiger partial charge on any atom is -0.389 e. The average Bonchev–Trinajstić information content (AvgIpc) is 3.11. The Morgan fingerprint density at radius 3 is 2.46 bits per heavy atom. The molecule has 1 amide bonds. The Balaban J connectivity index is 1.45. The summed E-state index contributed by atoms with van der Waals surface area (Å²) in [5.41, 5.74) is 3.77. The first-order valence-corrected chi connectivity index (χ1v) is 9.76. The van der Waals surface area contributed by atoms with Crippen LogP contribution in [0.5, 0.6) is 0 Å². The summed E-state index contributed by atoms with van der Waals surface area (Å²) < 4.78 is 0. The lowest BCUT2D eigenvalue weighted by molar-refractivity contribution is -0.130. The standard InChI is InChI=1S/C23H25N3O2/c1-17-16-25-21(19-7-11-24-12-8-19)20(17)22(27)26-13-9-23(28,10-14-26)15-18-5-3-2-4-6-18/h2-8,11-12,28H,9-10,13-16H2,1H3. The number of carbonyl (C=O) groups excluding carboxylic acids is 1. The summed E-state index contributed by atoms with van der Waals surface area (Å²) in [6, 6.07) is 13.8. The van der Waals surface area contributed by atoms with E-state index < -0.39 is 5.60 Å². The smallest absolute Gasteiger partial charge is 0.256 e. The molecule has 1 N–H and O–H groups in total. The lowest BCUT2D eigenvalue weighted by Crippen LogP contribution is -2.48. The fourth-order valence-corrected chi connectivity index (χ4v) is 4.02. The first kappa shape index (κ1) is 18.6. The average molecular weight is 375 g/mol. The molecule has 0 aliphatic carbocycles. The van der Waals surface area contributed by atoms with Crippen LogP contribution in [0.15, 0.2) is 71.0 Å². The van der Waals surface area contributed by atoms with Gasteiger partial charge in [0.05, 0.1) is 23.4 Å². The van der Waals surface area contributed by atoms with Gasteiger partial charge >= 0.3 is 0 Å². The quantitative estimate of drug-likeness (QED) is 0.894. The van der Waals surface area contributed by atoms with Crippen LogP contribution in [0.2, 0.25) is 0 Å². The van der Waals surface area contributed by atoms with E-state index in [9.17, 15) is 9.90 Å². The Morgan fingerprint density at radius 2 is 1.79 bits per heavy atom. The Labute approximate surface area is 165 Å². The highest BCUT2D eigenvalue weighted by atomic mass is 16.3. The van der Waals surface area contributed by atoms with Gasteiger partial charge in [-0.1, -0.05) is 30.3 Å². The van der Waals surface area contributed by atoms with Gasteiger partial charge < -0.3 is 10.0 Å². The molecule has 0 atom stereocenters. The summed E-state index contributed by atoms with van der Waals surface area (Å²) >= 11 is 0. The highest BCUT2D eigenvalue weighted by Crippen LogP contribution is 2.29. The highest BCUT2D eigenvalue weighted by Gasteiger charge is 2.36. The van der Waals surface area contributed by atoms with Crippen LogP contribution in [-0.4, -0.2) is 51.8 Å². The van der Waals surface area contributed by atoms with E-state index in [1.165, 1.54) is 0 Å². The number of nitrogens with zero attached hydrogens (tertiary/aromatic N) is 3. The van der Waals surface area contributed by atoms with Crippen LogP contribution < -0.4 is 0 Å². The lowest BCUT2D eigenvalue weighted by atomic mass is 9.85. The van der Waals surface area contributed by atoms with Gasteiger partial charge in [-0.25, -0.2) is 0 Å². The van der Waals surface area contributed by atoms with Crippen molar-refractivity contribution >= 4 is 11.6 Å². The van der Waals surface area contributed by atoms with Gasteiger partial charge in [-0.05, 0) is 43.0 Å². The maximum Gasteiger partial charge on any atom is 0.256 e. The second kappa shape index (κ2) is 7.68. The zero-order chi connectivity index (χ0) is 19.6. The number of piperidine rings is 1. The van der Waals surface area contributed by atoms with E-state index in [0.29, 0.717) is 44.5 Å². The van der Waals surface area contributed by atoms with Crippen LogP contribution in [-0.2, 0) is 11.2 Å². The van der Waals surface area contributed by atoms with Crippen LogP contribution >= 0.6 is 0 Å². The number of pyridine rings is 1. The van der Waals surface area contributed by atoms with E-state index in [1.807, 2.05) is 54.3 Å². The molecule has 2 aliphatic rings. The molecule has 5 heteroatoms. The summed E-state index contributed by atoms with van der Waals surface area (Å²) in [7, 11) is 0. The SMILES string of the molecule is CC1=C(C(=O)N2CCC(O)(Cc3ccccc3)CC2)C(c2ccncc2)=NC1. The normalized spacial score (nSPS) is 18.9. The second-order valence-corrected chi connectivity index (χ2v) is 7.73. The number of benzene rings is 1. The van der Waals surface area contributed by atoms with Crippen molar-refractivity contribution in [2.45, 2.75) is 31.8 Å². The molecular weight excluding hydrogens is 350 g/mol. The maximum atomic E-state index is 13.3. The molecule has 4 rings (SSSR count). The van der Waals surface area contributed by atoms with Crippen LogP contribution in [0.1, 0.15) is 30.9 Å². The molecule has 0 spiro atoms. The molecule has 1 fully saturated rings. The Bertz CT molecular complexity index is 911. The largest absolute Gasteiger partial charge is 0.389 e. The van der Waals surface area contributed by atoms with E-state index in [-0.39, 0.29) is 5.91 Å². The third-order valence-corrected chi connectivity index (χ3v) is 5.66. The number of likely N-dealkylation sites (tertiary alicyclic amines) is 1. The lowest BCUT2D eigenvalue weighted by Gasteiger charge is -2.38. The first-order chi connectivity index (χ1) is 13.6.